The molecule has 2 rings (SSSR count). The first-order valence-electron chi connectivity index (χ1n) is 6.59. The molecule has 1 heterocycles. The van der Waals surface area contributed by atoms with Crippen LogP contribution in [-0.4, -0.2) is 4.98 Å². The Morgan fingerprint density at radius 2 is 1.84 bits per heavy atom. The van der Waals surface area contributed by atoms with Crippen molar-refractivity contribution in [2.75, 3.05) is 5.32 Å². The molecule has 0 amide bonds. The summed E-state index contributed by atoms with van der Waals surface area (Å²) in [6, 6.07) is 14.9. The van der Waals surface area contributed by atoms with Crippen LogP contribution in [0, 0.1) is 5.92 Å². The predicted octanol–water partition coefficient (Wildman–Crippen LogP) is 5.04. The van der Waals surface area contributed by atoms with Crippen molar-refractivity contribution in [1.82, 2.24) is 4.98 Å². The number of rotatable bonds is 5. The molecule has 2 nitrogen and oxygen atoms in total. The molecule has 0 bridgehead atoms. The molecular formula is C16H19BrN2. The summed E-state index contributed by atoms with van der Waals surface area (Å²) in [6.45, 7) is 4.49. The first kappa shape index (κ1) is 14.1. The van der Waals surface area contributed by atoms with E-state index in [4.69, 9.17) is 0 Å². The van der Waals surface area contributed by atoms with Crippen molar-refractivity contribution in [2.45, 2.75) is 26.3 Å². The Kier molecular flexibility index (Phi) is 4.97. The van der Waals surface area contributed by atoms with E-state index in [0.717, 1.165) is 16.7 Å². The van der Waals surface area contributed by atoms with E-state index in [1.54, 1.807) is 6.20 Å². The van der Waals surface area contributed by atoms with E-state index in [1.165, 1.54) is 5.56 Å². The van der Waals surface area contributed by atoms with Crippen LogP contribution in [0.4, 0.5) is 5.69 Å². The highest BCUT2D eigenvalue weighted by Gasteiger charge is 2.14. The number of hydrogen-bond acceptors (Lipinski definition) is 2. The predicted molar refractivity (Wildman–Crippen MR) is 84.2 cm³/mol. The van der Waals surface area contributed by atoms with E-state index >= 15 is 0 Å². The fourth-order valence-corrected chi connectivity index (χ4v) is 2.48. The quantitative estimate of drug-likeness (QED) is 0.781. The van der Waals surface area contributed by atoms with Crippen LogP contribution < -0.4 is 5.32 Å². The minimum atomic E-state index is 0.307. The van der Waals surface area contributed by atoms with Crippen molar-refractivity contribution in [1.29, 1.82) is 0 Å². The number of nitrogens with one attached hydrogen (secondary N) is 1. The zero-order valence-electron chi connectivity index (χ0n) is 11.3. The minimum absolute atomic E-state index is 0.307. The average molecular weight is 319 g/mol. The summed E-state index contributed by atoms with van der Waals surface area (Å²) in [7, 11) is 0. The number of halogens is 1. The first-order valence-corrected chi connectivity index (χ1v) is 7.38. The molecule has 1 aromatic heterocycles. The highest BCUT2D eigenvalue weighted by atomic mass is 79.9. The fourth-order valence-electron chi connectivity index (χ4n) is 2.12. The molecule has 2 aromatic rings. The van der Waals surface area contributed by atoms with E-state index in [-0.39, 0.29) is 0 Å². The van der Waals surface area contributed by atoms with Gasteiger partial charge < -0.3 is 5.32 Å². The summed E-state index contributed by atoms with van der Waals surface area (Å²) in [5.74, 6) is 0.633. The Hall–Kier alpha value is -1.35. The molecule has 0 fully saturated rings. The second kappa shape index (κ2) is 6.71. The second-order valence-electron chi connectivity index (χ2n) is 5.08. The highest BCUT2D eigenvalue weighted by Crippen LogP contribution is 2.28. The molecule has 0 aliphatic carbocycles. The van der Waals surface area contributed by atoms with Gasteiger partial charge in [0.05, 0.1) is 11.7 Å². The molecule has 100 valence electrons. The van der Waals surface area contributed by atoms with Gasteiger partial charge in [-0.2, -0.15) is 0 Å². The molecule has 0 radical (unpaired) electrons. The molecule has 1 unspecified atom stereocenters. The van der Waals surface area contributed by atoms with Crippen LogP contribution in [0.15, 0.2) is 53.3 Å². The Labute approximate surface area is 123 Å². The average Bonchev–Trinajstić information content (AvgIpc) is 2.41. The van der Waals surface area contributed by atoms with Crippen molar-refractivity contribution in [3.05, 3.63) is 58.8 Å². The molecule has 3 heteroatoms. The number of anilines is 1. The fraction of sp³-hybridized carbons (Fsp3) is 0.312. The maximum Gasteiger partial charge on any atom is 0.129 e. The third-order valence-electron chi connectivity index (χ3n) is 3.00. The van der Waals surface area contributed by atoms with Crippen molar-refractivity contribution < 1.29 is 0 Å². The SMILES string of the molecule is CC(C)CC(Nc1cccnc1Br)c1ccccc1. The van der Waals surface area contributed by atoms with Crippen LogP contribution in [0.1, 0.15) is 31.9 Å². The van der Waals surface area contributed by atoms with Gasteiger partial charge in [0.1, 0.15) is 4.60 Å². The van der Waals surface area contributed by atoms with Crippen LogP contribution in [0.3, 0.4) is 0 Å². The van der Waals surface area contributed by atoms with E-state index in [0.29, 0.717) is 12.0 Å². The van der Waals surface area contributed by atoms with Gasteiger partial charge in [0, 0.05) is 6.20 Å². The van der Waals surface area contributed by atoms with Gasteiger partial charge in [-0.25, -0.2) is 4.98 Å². The maximum absolute atomic E-state index is 4.26. The van der Waals surface area contributed by atoms with Gasteiger partial charge in [0.15, 0.2) is 0 Å². The van der Waals surface area contributed by atoms with Gasteiger partial charge in [0.25, 0.3) is 0 Å². The molecule has 0 saturated heterocycles. The van der Waals surface area contributed by atoms with Crippen molar-refractivity contribution >= 4 is 21.6 Å². The van der Waals surface area contributed by atoms with Crippen LogP contribution in [0.25, 0.3) is 0 Å². The van der Waals surface area contributed by atoms with Crippen molar-refractivity contribution in [2.24, 2.45) is 5.92 Å². The molecule has 0 aliphatic rings. The van der Waals surface area contributed by atoms with Gasteiger partial charge in [-0.05, 0) is 46.0 Å². The van der Waals surface area contributed by atoms with Crippen LogP contribution in [0.2, 0.25) is 0 Å². The Morgan fingerprint density at radius 3 is 2.47 bits per heavy atom. The molecule has 1 aromatic carbocycles. The standard InChI is InChI=1S/C16H19BrN2/c1-12(2)11-15(13-7-4-3-5-8-13)19-14-9-6-10-18-16(14)17/h3-10,12,15,19H,11H2,1-2H3. The third-order valence-corrected chi connectivity index (χ3v) is 3.63. The molecular weight excluding hydrogens is 300 g/mol. The summed E-state index contributed by atoms with van der Waals surface area (Å²) in [6.07, 6.45) is 2.88. The molecule has 1 N–H and O–H groups in total. The van der Waals surface area contributed by atoms with Crippen LogP contribution in [-0.2, 0) is 0 Å². The molecule has 0 saturated carbocycles. The van der Waals surface area contributed by atoms with Gasteiger partial charge in [-0.3, -0.25) is 0 Å². The Balaban J connectivity index is 2.22. The zero-order chi connectivity index (χ0) is 13.7. The number of nitrogens with zero attached hydrogens (tertiary/aromatic N) is 1. The number of aromatic nitrogens is 1. The van der Waals surface area contributed by atoms with E-state index in [2.05, 4.69) is 70.4 Å². The van der Waals surface area contributed by atoms with Gasteiger partial charge in [-0.15, -0.1) is 0 Å². The lowest BCUT2D eigenvalue weighted by molar-refractivity contribution is 0.530. The van der Waals surface area contributed by atoms with Gasteiger partial charge >= 0.3 is 0 Å². The second-order valence-corrected chi connectivity index (χ2v) is 5.83. The van der Waals surface area contributed by atoms with Crippen molar-refractivity contribution in [3.8, 4) is 0 Å². The Bertz CT molecular complexity index is 511. The first-order chi connectivity index (χ1) is 9.16. The normalized spacial score (nSPS) is 12.4. The van der Waals surface area contributed by atoms with Crippen molar-refractivity contribution in [3.63, 3.8) is 0 Å². The van der Waals surface area contributed by atoms with E-state index in [1.807, 2.05) is 12.1 Å². The smallest absolute Gasteiger partial charge is 0.129 e. The Morgan fingerprint density at radius 1 is 1.11 bits per heavy atom. The summed E-state index contributed by atoms with van der Waals surface area (Å²) < 4.78 is 0.861. The largest absolute Gasteiger partial charge is 0.376 e. The van der Waals surface area contributed by atoms with Gasteiger partial charge in [-0.1, -0.05) is 44.2 Å². The molecule has 0 spiro atoms. The molecule has 0 aliphatic heterocycles. The highest BCUT2D eigenvalue weighted by molar-refractivity contribution is 9.10. The van der Waals surface area contributed by atoms with Gasteiger partial charge in [0.2, 0.25) is 0 Å². The molecule has 1 atom stereocenters. The zero-order valence-corrected chi connectivity index (χ0v) is 12.9. The summed E-state index contributed by atoms with van der Waals surface area (Å²) in [5, 5.41) is 3.59. The summed E-state index contributed by atoms with van der Waals surface area (Å²) in [5.41, 5.74) is 2.35. The lowest BCUT2D eigenvalue weighted by atomic mass is 9.97. The summed E-state index contributed by atoms with van der Waals surface area (Å²) in [4.78, 5) is 4.26. The van der Waals surface area contributed by atoms with E-state index in [9.17, 15) is 0 Å². The minimum Gasteiger partial charge on any atom is -0.376 e. The topological polar surface area (TPSA) is 24.9 Å². The van der Waals surface area contributed by atoms with E-state index < -0.39 is 0 Å². The van der Waals surface area contributed by atoms with Crippen LogP contribution in [0.5, 0.6) is 0 Å². The summed E-state index contributed by atoms with van der Waals surface area (Å²) >= 11 is 3.49. The lowest BCUT2D eigenvalue weighted by Gasteiger charge is -2.22. The monoisotopic (exact) mass is 318 g/mol. The lowest BCUT2D eigenvalue weighted by Crippen LogP contribution is -2.13. The maximum atomic E-state index is 4.26. The van der Waals surface area contributed by atoms with Crippen LogP contribution >= 0.6 is 15.9 Å². The number of pyridine rings is 1. The number of hydrogen-bond donors (Lipinski definition) is 1. The third kappa shape index (κ3) is 4.06. The number of benzene rings is 1. The molecule has 19 heavy (non-hydrogen) atoms.